The summed E-state index contributed by atoms with van der Waals surface area (Å²) in [5.74, 6) is 1.64. The first-order valence-electron chi connectivity index (χ1n) is 7.49. The normalized spacial score (nSPS) is 24.8. The first-order chi connectivity index (χ1) is 8.69. The summed E-state index contributed by atoms with van der Waals surface area (Å²) in [6.45, 7) is 4.47. The zero-order valence-electron chi connectivity index (χ0n) is 11.7. The van der Waals surface area contributed by atoms with Crippen LogP contribution in [0.2, 0.25) is 0 Å². The van der Waals surface area contributed by atoms with Crippen molar-refractivity contribution < 1.29 is 9.52 Å². The zero-order chi connectivity index (χ0) is 13.0. The fourth-order valence-electron chi connectivity index (χ4n) is 3.26. The summed E-state index contributed by atoms with van der Waals surface area (Å²) in [6.07, 6.45) is 10.5. The molecule has 0 aromatic carbocycles. The molecular formula is C16H26O2. The number of rotatable bonds is 6. The molecule has 1 aromatic rings. The minimum absolute atomic E-state index is 0.630. The molecule has 0 saturated heterocycles. The maximum Gasteiger partial charge on any atom is 0.109 e. The quantitative estimate of drug-likeness (QED) is 0.811. The lowest BCUT2D eigenvalue weighted by molar-refractivity contribution is -0.00920. The third kappa shape index (κ3) is 2.80. The van der Waals surface area contributed by atoms with Gasteiger partial charge in [0.25, 0.3) is 0 Å². The lowest BCUT2D eigenvalue weighted by atomic mass is 9.75. The van der Waals surface area contributed by atoms with Crippen LogP contribution in [0.25, 0.3) is 0 Å². The van der Waals surface area contributed by atoms with Crippen LogP contribution in [-0.2, 0) is 12.0 Å². The largest absolute Gasteiger partial charge is 0.469 e. The monoisotopic (exact) mass is 250 g/mol. The fraction of sp³-hybridized carbons (Fsp3) is 0.750. The number of unbranched alkanes of at least 4 members (excludes halogenated alkanes) is 1. The standard InChI is InChI=1S/C16H26O2/c1-3-5-7-13(4-2)12-16(17)10-6-8-15-14(16)9-11-18-15/h9,11,13,17H,3-8,10,12H2,1-2H3. The van der Waals surface area contributed by atoms with Gasteiger partial charge >= 0.3 is 0 Å². The highest BCUT2D eigenvalue weighted by Crippen LogP contribution is 2.41. The van der Waals surface area contributed by atoms with Crippen LogP contribution >= 0.6 is 0 Å². The molecule has 1 heterocycles. The van der Waals surface area contributed by atoms with Gasteiger partial charge in [0.15, 0.2) is 0 Å². The van der Waals surface area contributed by atoms with Crippen LogP contribution in [0, 0.1) is 5.92 Å². The first kappa shape index (κ1) is 13.7. The van der Waals surface area contributed by atoms with E-state index in [4.69, 9.17) is 4.42 Å². The molecule has 0 fully saturated rings. The summed E-state index contributed by atoms with van der Waals surface area (Å²) in [4.78, 5) is 0. The number of aryl methyl sites for hydroxylation is 1. The van der Waals surface area contributed by atoms with Crippen molar-refractivity contribution in [1.82, 2.24) is 0 Å². The summed E-state index contributed by atoms with van der Waals surface area (Å²) < 4.78 is 5.49. The van der Waals surface area contributed by atoms with Gasteiger partial charge in [-0.15, -0.1) is 0 Å². The van der Waals surface area contributed by atoms with E-state index in [9.17, 15) is 5.11 Å². The van der Waals surface area contributed by atoms with E-state index in [1.807, 2.05) is 6.07 Å². The van der Waals surface area contributed by atoms with Crippen LogP contribution in [0.5, 0.6) is 0 Å². The average Bonchev–Trinajstić information content (AvgIpc) is 2.84. The Kier molecular flexibility index (Phi) is 4.50. The van der Waals surface area contributed by atoms with E-state index in [-0.39, 0.29) is 0 Å². The van der Waals surface area contributed by atoms with Crippen LogP contribution in [0.15, 0.2) is 16.7 Å². The van der Waals surface area contributed by atoms with Crippen molar-refractivity contribution in [3.63, 3.8) is 0 Å². The van der Waals surface area contributed by atoms with Gasteiger partial charge in [-0.2, -0.15) is 0 Å². The lowest BCUT2D eigenvalue weighted by Crippen LogP contribution is -2.32. The molecular weight excluding hydrogens is 224 g/mol. The van der Waals surface area contributed by atoms with Crippen LogP contribution in [-0.4, -0.2) is 5.11 Å². The van der Waals surface area contributed by atoms with Gasteiger partial charge in [-0.1, -0.05) is 39.5 Å². The van der Waals surface area contributed by atoms with E-state index in [0.717, 1.165) is 43.4 Å². The highest BCUT2D eigenvalue weighted by atomic mass is 16.3. The SMILES string of the molecule is CCCCC(CC)CC1(O)CCCc2occc21. The van der Waals surface area contributed by atoms with Gasteiger partial charge in [-0.3, -0.25) is 0 Å². The third-order valence-corrected chi connectivity index (χ3v) is 4.41. The fourth-order valence-corrected chi connectivity index (χ4v) is 3.26. The maximum absolute atomic E-state index is 11.0. The minimum atomic E-state index is -0.630. The van der Waals surface area contributed by atoms with E-state index in [1.54, 1.807) is 6.26 Å². The molecule has 1 aromatic heterocycles. The Labute approximate surface area is 110 Å². The molecule has 2 unspecified atom stereocenters. The zero-order valence-corrected chi connectivity index (χ0v) is 11.7. The van der Waals surface area contributed by atoms with Crippen molar-refractivity contribution in [2.45, 2.75) is 70.8 Å². The van der Waals surface area contributed by atoms with Gasteiger partial charge < -0.3 is 9.52 Å². The van der Waals surface area contributed by atoms with E-state index < -0.39 is 5.60 Å². The molecule has 102 valence electrons. The van der Waals surface area contributed by atoms with Gasteiger partial charge in [-0.25, -0.2) is 0 Å². The van der Waals surface area contributed by atoms with Crippen molar-refractivity contribution in [3.8, 4) is 0 Å². The van der Waals surface area contributed by atoms with E-state index in [0.29, 0.717) is 5.92 Å². The van der Waals surface area contributed by atoms with Crippen LogP contribution < -0.4 is 0 Å². The smallest absolute Gasteiger partial charge is 0.109 e. The molecule has 18 heavy (non-hydrogen) atoms. The summed E-state index contributed by atoms with van der Waals surface area (Å²) >= 11 is 0. The highest BCUT2D eigenvalue weighted by Gasteiger charge is 2.37. The number of fused-ring (bicyclic) bond motifs is 1. The molecule has 1 aliphatic rings. The van der Waals surface area contributed by atoms with Gasteiger partial charge in [0.2, 0.25) is 0 Å². The minimum Gasteiger partial charge on any atom is -0.469 e. The maximum atomic E-state index is 11.0. The molecule has 0 saturated carbocycles. The second-order valence-electron chi connectivity index (χ2n) is 5.76. The molecule has 2 atom stereocenters. The summed E-state index contributed by atoms with van der Waals surface area (Å²) in [6, 6.07) is 1.97. The molecule has 2 rings (SSSR count). The van der Waals surface area contributed by atoms with Crippen molar-refractivity contribution in [2.24, 2.45) is 5.92 Å². The Morgan fingerprint density at radius 3 is 3.00 bits per heavy atom. The molecule has 2 nitrogen and oxygen atoms in total. The van der Waals surface area contributed by atoms with Crippen LogP contribution in [0.4, 0.5) is 0 Å². The summed E-state index contributed by atoms with van der Waals surface area (Å²) in [5, 5.41) is 11.0. The van der Waals surface area contributed by atoms with Crippen molar-refractivity contribution in [1.29, 1.82) is 0 Å². The van der Waals surface area contributed by atoms with Gasteiger partial charge in [0, 0.05) is 12.0 Å². The van der Waals surface area contributed by atoms with Crippen LogP contribution in [0.3, 0.4) is 0 Å². The number of hydrogen-bond acceptors (Lipinski definition) is 2. The molecule has 2 heteroatoms. The Bertz CT molecular complexity index is 369. The van der Waals surface area contributed by atoms with Crippen molar-refractivity contribution in [3.05, 3.63) is 23.7 Å². The average molecular weight is 250 g/mol. The topological polar surface area (TPSA) is 33.4 Å². The Hall–Kier alpha value is -0.760. The third-order valence-electron chi connectivity index (χ3n) is 4.41. The number of aliphatic hydroxyl groups is 1. The number of furan rings is 1. The molecule has 0 amide bonds. The lowest BCUT2D eigenvalue weighted by Gasteiger charge is -2.34. The predicted molar refractivity (Wildman–Crippen MR) is 73.5 cm³/mol. The van der Waals surface area contributed by atoms with Gasteiger partial charge in [-0.05, 0) is 31.2 Å². The predicted octanol–water partition coefficient (Wildman–Crippen LogP) is 4.41. The molecule has 0 bridgehead atoms. The molecule has 0 spiro atoms. The van der Waals surface area contributed by atoms with Crippen molar-refractivity contribution >= 4 is 0 Å². The second-order valence-corrected chi connectivity index (χ2v) is 5.76. The first-order valence-corrected chi connectivity index (χ1v) is 7.49. The molecule has 0 radical (unpaired) electrons. The molecule has 1 N–H and O–H groups in total. The summed E-state index contributed by atoms with van der Waals surface area (Å²) in [5.41, 5.74) is 0.429. The second kappa shape index (κ2) is 5.92. The Morgan fingerprint density at radius 1 is 1.44 bits per heavy atom. The van der Waals surface area contributed by atoms with E-state index >= 15 is 0 Å². The Morgan fingerprint density at radius 2 is 2.28 bits per heavy atom. The van der Waals surface area contributed by atoms with Gasteiger partial charge in [0.1, 0.15) is 5.76 Å². The van der Waals surface area contributed by atoms with E-state index in [1.165, 1.54) is 19.3 Å². The van der Waals surface area contributed by atoms with Crippen molar-refractivity contribution in [2.75, 3.05) is 0 Å². The highest BCUT2D eigenvalue weighted by molar-refractivity contribution is 5.27. The van der Waals surface area contributed by atoms with Crippen LogP contribution in [0.1, 0.15) is 70.1 Å². The van der Waals surface area contributed by atoms with E-state index in [2.05, 4.69) is 13.8 Å². The van der Waals surface area contributed by atoms with Gasteiger partial charge in [0.05, 0.1) is 11.9 Å². The molecule has 0 aliphatic heterocycles. The number of hydrogen-bond donors (Lipinski definition) is 1. The Balaban J connectivity index is 2.08. The summed E-state index contributed by atoms with van der Waals surface area (Å²) in [7, 11) is 0. The molecule has 1 aliphatic carbocycles.